The minimum atomic E-state index is -0.00527. The quantitative estimate of drug-likeness (QED) is 0.611. The average molecular weight is 212 g/mol. The Morgan fingerprint density at radius 3 is 2.93 bits per heavy atom. The van der Waals surface area contributed by atoms with Crippen LogP contribution in [-0.2, 0) is 6.54 Å². The molecule has 1 aromatic rings. The second kappa shape index (κ2) is 5.47. The molecular weight excluding hydrogens is 196 g/mol. The van der Waals surface area contributed by atoms with E-state index in [0.717, 1.165) is 0 Å². The smallest absolute Gasteiger partial charge is 0.222 e. The Labute approximate surface area is 88.5 Å². The van der Waals surface area contributed by atoms with Gasteiger partial charge in [0.05, 0.1) is 19.3 Å². The van der Waals surface area contributed by atoms with Gasteiger partial charge in [-0.3, -0.25) is 0 Å². The predicted molar refractivity (Wildman–Crippen MR) is 56.4 cm³/mol. The van der Waals surface area contributed by atoms with E-state index < -0.39 is 0 Å². The van der Waals surface area contributed by atoms with Crippen molar-refractivity contribution in [2.75, 3.05) is 19.5 Å². The van der Waals surface area contributed by atoms with Crippen molar-refractivity contribution in [3.8, 4) is 5.88 Å². The molecule has 1 atom stereocenters. The molecule has 4 N–H and O–H groups in total. The van der Waals surface area contributed by atoms with E-state index in [4.69, 9.17) is 15.6 Å². The highest BCUT2D eigenvalue weighted by atomic mass is 16.5. The molecule has 0 saturated carbocycles. The summed E-state index contributed by atoms with van der Waals surface area (Å²) >= 11 is 0. The van der Waals surface area contributed by atoms with Crippen LogP contribution in [0.3, 0.4) is 0 Å². The zero-order chi connectivity index (χ0) is 11.3. The second-order valence-corrected chi connectivity index (χ2v) is 3.21. The molecule has 1 rings (SSSR count). The van der Waals surface area contributed by atoms with Gasteiger partial charge in [0.2, 0.25) is 5.88 Å². The number of aromatic nitrogens is 2. The largest absolute Gasteiger partial charge is 0.481 e. The van der Waals surface area contributed by atoms with Crippen molar-refractivity contribution in [1.82, 2.24) is 15.3 Å². The van der Waals surface area contributed by atoms with Crippen LogP contribution in [0, 0.1) is 0 Å². The average Bonchev–Trinajstić information content (AvgIpc) is 2.26. The fourth-order valence-electron chi connectivity index (χ4n) is 1.09. The lowest BCUT2D eigenvalue weighted by molar-refractivity contribution is 0.250. The summed E-state index contributed by atoms with van der Waals surface area (Å²) in [6.07, 6.45) is 1.35. The van der Waals surface area contributed by atoms with Crippen molar-refractivity contribution in [2.45, 2.75) is 19.5 Å². The minimum Gasteiger partial charge on any atom is -0.481 e. The summed E-state index contributed by atoms with van der Waals surface area (Å²) in [4.78, 5) is 7.82. The number of methoxy groups -OCH3 is 1. The van der Waals surface area contributed by atoms with Gasteiger partial charge >= 0.3 is 0 Å². The Hall–Kier alpha value is -1.40. The molecule has 6 heteroatoms. The summed E-state index contributed by atoms with van der Waals surface area (Å²) in [7, 11) is 1.53. The van der Waals surface area contributed by atoms with E-state index in [0.29, 0.717) is 23.8 Å². The summed E-state index contributed by atoms with van der Waals surface area (Å²) in [6, 6.07) is -0.00527. The number of nitrogen functional groups attached to an aromatic ring is 1. The van der Waals surface area contributed by atoms with Gasteiger partial charge in [-0.05, 0) is 6.92 Å². The molecule has 1 unspecified atom stereocenters. The van der Waals surface area contributed by atoms with E-state index >= 15 is 0 Å². The standard InChI is InChI=1S/C9H16N4O2/c1-6(4-14)11-3-7-8(10)12-5-13-9(7)15-2/h5-6,11,14H,3-4H2,1-2H3,(H2,10,12,13). The first kappa shape index (κ1) is 11.7. The fraction of sp³-hybridized carbons (Fsp3) is 0.556. The molecule has 0 amide bonds. The summed E-state index contributed by atoms with van der Waals surface area (Å²) < 4.78 is 5.06. The molecule has 0 radical (unpaired) electrons. The third kappa shape index (κ3) is 3.03. The maximum atomic E-state index is 8.85. The van der Waals surface area contributed by atoms with Crippen molar-refractivity contribution in [2.24, 2.45) is 0 Å². The molecule has 0 saturated heterocycles. The van der Waals surface area contributed by atoms with Crippen LogP contribution in [-0.4, -0.2) is 34.8 Å². The highest BCUT2D eigenvalue weighted by Gasteiger charge is 2.10. The fourth-order valence-corrected chi connectivity index (χ4v) is 1.09. The molecule has 1 heterocycles. The van der Waals surface area contributed by atoms with Crippen molar-refractivity contribution in [1.29, 1.82) is 0 Å². The van der Waals surface area contributed by atoms with Crippen LogP contribution in [0.25, 0.3) is 0 Å². The van der Waals surface area contributed by atoms with Gasteiger partial charge in [-0.2, -0.15) is 0 Å². The number of aliphatic hydroxyl groups is 1. The number of ether oxygens (including phenoxy) is 1. The summed E-state index contributed by atoms with van der Waals surface area (Å²) in [5.41, 5.74) is 6.40. The van der Waals surface area contributed by atoms with Gasteiger partial charge in [0.25, 0.3) is 0 Å². The lowest BCUT2D eigenvalue weighted by Crippen LogP contribution is -2.29. The molecule has 84 valence electrons. The van der Waals surface area contributed by atoms with E-state index in [1.165, 1.54) is 13.4 Å². The maximum absolute atomic E-state index is 8.85. The Balaban J connectivity index is 2.74. The van der Waals surface area contributed by atoms with Crippen molar-refractivity contribution < 1.29 is 9.84 Å². The molecule has 0 aliphatic carbocycles. The van der Waals surface area contributed by atoms with Crippen LogP contribution in [0.1, 0.15) is 12.5 Å². The topological polar surface area (TPSA) is 93.3 Å². The van der Waals surface area contributed by atoms with Crippen LogP contribution >= 0.6 is 0 Å². The van der Waals surface area contributed by atoms with Crippen LogP contribution in [0.2, 0.25) is 0 Å². The molecule has 0 spiro atoms. The van der Waals surface area contributed by atoms with Gasteiger partial charge in [0, 0.05) is 12.6 Å². The number of nitrogens with zero attached hydrogens (tertiary/aromatic N) is 2. The summed E-state index contributed by atoms with van der Waals surface area (Å²) in [5.74, 6) is 0.847. The third-order valence-electron chi connectivity index (χ3n) is 2.03. The highest BCUT2D eigenvalue weighted by Crippen LogP contribution is 2.18. The number of hydrogen-bond donors (Lipinski definition) is 3. The third-order valence-corrected chi connectivity index (χ3v) is 2.03. The van der Waals surface area contributed by atoms with Crippen molar-refractivity contribution >= 4 is 5.82 Å². The van der Waals surface area contributed by atoms with Crippen LogP contribution in [0.4, 0.5) is 5.82 Å². The Morgan fingerprint density at radius 2 is 2.33 bits per heavy atom. The van der Waals surface area contributed by atoms with Crippen LogP contribution in [0.15, 0.2) is 6.33 Å². The number of nitrogens with one attached hydrogen (secondary N) is 1. The molecule has 1 aromatic heterocycles. The first-order chi connectivity index (χ1) is 7.19. The highest BCUT2D eigenvalue weighted by molar-refractivity contribution is 5.44. The Bertz CT molecular complexity index is 319. The molecular formula is C9H16N4O2. The maximum Gasteiger partial charge on any atom is 0.222 e. The predicted octanol–water partition coefficient (Wildman–Crippen LogP) is -0.462. The van der Waals surface area contributed by atoms with E-state index in [9.17, 15) is 0 Å². The lowest BCUT2D eigenvalue weighted by Gasteiger charge is -2.13. The molecule has 6 nitrogen and oxygen atoms in total. The number of anilines is 1. The molecule has 15 heavy (non-hydrogen) atoms. The summed E-state index contributed by atoms with van der Waals surface area (Å²) in [5, 5.41) is 11.9. The zero-order valence-electron chi connectivity index (χ0n) is 8.90. The molecule has 0 aliphatic rings. The van der Waals surface area contributed by atoms with Crippen LogP contribution in [0.5, 0.6) is 5.88 Å². The second-order valence-electron chi connectivity index (χ2n) is 3.21. The SMILES string of the molecule is COc1ncnc(N)c1CNC(C)CO. The van der Waals surface area contributed by atoms with Gasteiger partial charge < -0.3 is 20.9 Å². The van der Waals surface area contributed by atoms with Crippen LogP contribution < -0.4 is 15.8 Å². The first-order valence-corrected chi connectivity index (χ1v) is 4.66. The number of aliphatic hydroxyl groups excluding tert-OH is 1. The molecule has 0 bridgehead atoms. The van der Waals surface area contributed by atoms with E-state index in [1.54, 1.807) is 0 Å². The normalized spacial score (nSPS) is 12.5. The number of nitrogens with two attached hydrogens (primary N) is 1. The van der Waals surface area contributed by atoms with Gasteiger partial charge in [-0.1, -0.05) is 0 Å². The first-order valence-electron chi connectivity index (χ1n) is 4.66. The number of rotatable bonds is 5. The van der Waals surface area contributed by atoms with Gasteiger partial charge in [0.15, 0.2) is 0 Å². The Morgan fingerprint density at radius 1 is 1.60 bits per heavy atom. The lowest BCUT2D eigenvalue weighted by atomic mass is 10.2. The van der Waals surface area contributed by atoms with Gasteiger partial charge in [0.1, 0.15) is 12.1 Å². The van der Waals surface area contributed by atoms with E-state index in [1.807, 2.05) is 6.92 Å². The summed E-state index contributed by atoms with van der Waals surface area (Å²) in [6.45, 7) is 2.40. The van der Waals surface area contributed by atoms with Crippen molar-refractivity contribution in [3.05, 3.63) is 11.9 Å². The molecule has 0 fully saturated rings. The minimum absolute atomic E-state index is 0.00527. The van der Waals surface area contributed by atoms with Gasteiger partial charge in [-0.25, -0.2) is 9.97 Å². The van der Waals surface area contributed by atoms with Crippen molar-refractivity contribution in [3.63, 3.8) is 0 Å². The molecule has 0 aromatic carbocycles. The zero-order valence-corrected chi connectivity index (χ0v) is 8.90. The van der Waals surface area contributed by atoms with Gasteiger partial charge in [-0.15, -0.1) is 0 Å². The van der Waals surface area contributed by atoms with E-state index in [-0.39, 0.29) is 12.6 Å². The number of hydrogen-bond acceptors (Lipinski definition) is 6. The molecule has 0 aliphatic heterocycles. The monoisotopic (exact) mass is 212 g/mol. The van der Waals surface area contributed by atoms with E-state index in [2.05, 4.69) is 15.3 Å². The Kier molecular flexibility index (Phi) is 4.26.